The summed E-state index contributed by atoms with van der Waals surface area (Å²) in [5.41, 5.74) is 4.86. The fourth-order valence-electron chi connectivity index (χ4n) is 3.24. The number of aryl methyl sites for hydroxylation is 1. The van der Waals surface area contributed by atoms with Gasteiger partial charge in [0.25, 0.3) is 17.4 Å². The summed E-state index contributed by atoms with van der Waals surface area (Å²) in [5.74, 6) is -1.52. The van der Waals surface area contributed by atoms with Crippen LogP contribution in [0.1, 0.15) is 22.3 Å². The third-order valence-electron chi connectivity index (χ3n) is 4.85. The Labute approximate surface area is 192 Å². The average molecular weight is 463 g/mol. The van der Waals surface area contributed by atoms with Gasteiger partial charge in [-0.25, -0.2) is 9.07 Å². The van der Waals surface area contributed by atoms with Gasteiger partial charge in [0.2, 0.25) is 0 Å². The van der Waals surface area contributed by atoms with E-state index >= 15 is 0 Å². The van der Waals surface area contributed by atoms with Gasteiger partial charge >= 0.3 is 0 Å². The van der Waals surface area contributed by atoms with Crippen LogP contribution in [-0.4, -0.2) is 21.6 Å². The number of aromatic nitrogens is 2. The minimum atomic E-state index is -0.645. The Balaban J connectivity index is 1.44. The molecule has 2 N–H and O–H groups in total. The van der Waals surface area contributed by atoms with E-state index < -0.39 is 11.8 Å². The second-order valence-corrected chi connectivity index (χ2v) is 8.09. The van der Waals surface area contributed by atoms with E-state index in [9.17, 15) is 18.8 Å². The average Bonchev–Trinajstić information content (AvgIpc) is 3.31. The Bertz CT molecular complexity index is 1440. The van der Waals surface area contributed by atoms with Crippen molar-refractivity contribution in [2.24, 2.45) is 0 Å². The summed E-state index contributed by atoms with van der Waals surface area (Å²) >= 11 is 1.33. The Morgan fingerprint density at radius 2 is 1.76 bits per heavy atom. The molecule has 2 heterocycles. The van der Waals surface area contributed by atoms with Gasteiger partial charge in [-0.3, -0.25) is 25.2 Å². The first kappa shape index (κ1) is 22.1. The third kappa shape index (κ3) is 4.73. The number of benzene rings is 2. The van der Waals surface area contributed by atoms with Gasteiger partial charge < -0.3 is 0 Å². The second kappa shape index (κ2) is 9.58. The van der Waals surface area contributed by atoms with E-state index in [1.54, 1.807) is 67.6 Å². The van der Waals surface area contributed by atoms with Gasteiger partial charge in [0.05, 0.1) is 5.39 Å². The summed E-state index contributed by atoms with van der Waals surface area (Å²) in [6.07, 6.45) is 2.83. The first-order valence-electron chi connectivity index (χ1n) is 10.1. The molecule has 0 bridgehead atoms. The summed E-state index contributed by atoms with van der Waals surface area (Å²) in [7, 11) is 0. The minimum Gasteiger partial charge on any atom is -0.268 e. The zero-order chi connectivity index (χ0) is 23.4. The van der Waals surface area contributed by atoms with Gasteiger partial charge in [-0.15, -0.1) is 11.3 Å². The molecule has 2 aromatic heterocycles. The van der Waals surface area contributed by atoms with Gasteiger partial charge in [-0.05, 0) is 37.3 Å². The maximum absolute atomic E-state index is 13.9. The van der Waals surface area contributed by atoms with Crippen molar-refractivity contribution in [3.8, 4) is 10.4 Å². The molecular formula is C24H19FN4O3S. The maximum Gasteiger partial charge on any atom is 0.290 e. The summed E-state index contributed by atoms with van der Waals surface area (Å²) in [5, 5.41) is 4.89. The molecule has 0 unspecified atom stereocenters. The normalized spacial score (nSPS) is 11.1. The van der Waals surface area contributed by atoms with Crippen LogP contribution in [0.15, 0.2) is 71.5 Å². The van der Waals surface area contributed by atoms with Crippen LogP contribution in [0.3, 0.4) is 0 Å². The predicted molar refractivity (Wildman–Crippen MR) is 126 cm³/mol. The number of fused-ring (bicyclic) bond motifs is 1. The molecule has 0 saturated heterocycles. The zero-order valence-corrected chi connectivity index (χ0v) is 18.4. The highest BCUT2D eigenvalue weighted by molar-refractivity contribution is 7.16. The van der Waals surface area contributed by atoms with Crippen molar-refractivity contribution in [3.63, 3.8) is 0 Å². The number of amides is 2. The van der Waals surface area contributed by atoms with Gasteiger partial charge in [0, 0.05) is 33.3 Å². The Kier molecular flexibility index (Phi) is 6.41. The third-order valence-corrected chi connectivity index (χ3v) is 5.93. The number of thiophene rings is 1. The van der Waals surface area contributed by atoms with Crippen LogP contribution in [0.4, 0.5) is 4.39 Å². The number of hydrazine groups is 1. The highest BCUT2D eigenvalue weighted by Gasteiger charge is 2.16. The van der Waals surface area contributed by atoms with Crippen LogP contribution in [0.5, 0.6) is 0 Å². The van der Waals surface area contributed by atoms with Gasteiger partial charge in [0.15, 0.2) is 5.69 Å². The summed E-state index contributed by atoms with van der Waals surface area (Å²) in [6.45, 7) is 2.05. The first-order valence-corrected chi connectivity index (χ1v) is 10.9. The molecule has 0 aliphatic carbocycles. The number of halogens is 1. The maximum atomic E-state index is 13.9. The van der Waals surface area contributed by atoms with Crippen LogP contribution in [0.2, 0.25) is 0 Å². The topological polar surface area (TPSA) is 93.1 Å². The highest BCUT2D eigenvalue weighted by Crippen LogP contribution is 2.30. The van der Waals surface area contributed by atoms with Crippen molar-refractivity contribution >= 4 is 40.0 Å². The van der Waals surface area contributed by atoms with E-state index in [1.165, 1.54) is 28.2 Å². The standard InChI is InChI=1S/C24H19FN4O3S/c1-2-29-24(32)17-8-4-3-7-16(17)22(28-29)23(31)27-26-21(30)14-12-15-11-13-20(33-15)18-9-5-6-10-19(18)25/h3-14H,2H2,1H3,(H,26,30)(H,27,31)/b14-12+. The molecule has 0 spiro atoms. The quantitative estimate of drug-likeness (QED) is 0.349. The smallest absolute Gasteiger partial charge is 0.268 e. The lowest BCUT2D eigenvalue weighted by Crippen LogP contribution is -2.42. The van der Waals surface area contributed by atoms with Crippen molar-refractivity contribution < 1.29 is 14.0 Å². The van der Waals surface area contributed by atoms with Crippen LogP contribution >= 0.6 is 11.3 Å². The molecule has 0 saturated carbocycles. The lowest BCUT2D eigenvalue weighted by molar-refractivity contribution is -0.117. The van der Waals surface area contributed by atoms with E-state index in [4.69, 9.17) is 0 Å². The number of carbonyl (C=O) groups is 2. The van der Waals surface area contributed by atoms with Crippen molar-refractivity contribution in [1.29, 1.82) is 0 Å². The first-order chi connectivity index (χ1) is 16.0. The monoisotopic (exact) mass is 462 g/mol. The van der Waals surface area contributed by atoms with E-state index in [0.29, 0.717) is 22.9 Å². The van der Waals surface area contributed by atoms with Crippen LogP contribution < -0.4 is 16.4 Å². The minimum absolute atomic E-state index is 0.0316. The fraction of sp³-hybridized carbons (Fsp3) is 0.0833. The predicted octanol–water partition coefficient (Wildman–Crippen LogP) is 3.76. The Morgan fingerprint density at radius 3 is 2.52 bits per heavy atom. The molecule has 0 fully saturated rings. The molecule has 4 rings (SSSR count). The molecule has 0 radical (unpaired) electrons. The molecule has 0 aliphatic rings. The molecule has 2 aromatic carbocycles. The van der Waals surface area contributed by atoms with E-state index in [-0.39, 0.29) is 17.1 Å². The SMILES string of the molecule is CCn1nc(C(=O)NNC(=O)/C=C/c2ccc(-c3ccccc3F)s2)c2ccccc2c1=O. The molecule has 166 valence electrons. The summed E-state index contributed by atoms with van der Waals surface area (Å²) in [4.78, 5) is 38.7. The fourth-order valence-corrected chi connectivity index (χ4v) is 4.18. The van der Waals surface area contributed by atoms with Gasteiger partial charge in [0.1, 0.15) is 5.82 Å². The lowest BCUT2D eigenvalue weighted by atomic mass is 10.1. The van der Waals surface area contributed by atoms with Crippen LogP contribution in [-0.2, 0) is 11.3 Å². The van der Waals surface area contributed by atoms with Crippen LogP contribution in [0.25, 0.3) is 27.3 Å². The molecule has 0 aliphatic heterocycles. The molecule has 0 atom stereocenters. The summed E-state index contributed by atoms with van der Waals surface area (Å²) < 4.78 is 15.1. The molecular weight excluding hydrogens is 443 g/mol. The molecule has 33 heavy (non-hydrogen) atoms. The van der Waals surface area contributed by atoms with Crippen molar-refractivity contribution in [2.75, 3.05) is 0 Å². The van der Waals surface area contributed by atoms with E-state index in [1.807, 2.05) is 0 Å². The summed E-state index contributed by atoms with van der Waals surface area (Å²) in [6, 6.07) is 16.7. The number of hydrogen-bond donors (Lipinski definition) is 2. The van der Waals surface area contributed by atoms with Crippen molar-refractivity contribution in [3.05, 3.63) is 93.5 Å². The molecule has 2 amide bonds. The van der Waals surface area contributed by atoms with Crippen LogP contribution in [0, 0.1) is 5.82 Å². The number of carbonyl (C=O) groups excluding carboxylic acids is 2. The van der Waals surface area contributed by atoms with E-state index in [0.717, 1.165) is 9.75 Å². The molecule has 9 heteroatoms. The highest BCUT2D eigenvalue weighted by atomic mass is 32.1. The van der Waals surface area contributed by atoms with Gasteiger partial charge in [-0.1, -0.05) is 36.4 Å². The zero-order valence-electron chi connectivity index (χ0n) is 17.5. The van der Waals surface area contributed by atoms with Crippen molar-refractivity contribution in [1.82, 2.24) is 20.6 Å². The largest absolute Gasteiger partial charge is 0.290 e. The Hall–Kier alpha value is -4.11. The second-order valence-electron chi connectivity index (χ2n) is 6.97. The molecule has 4 aromatic rings. The van der Waals surface area contributed by atoms with Crippen molar-refractivity contribution in [2.45, 2.75) is 13.5 Å². The van der Waals surface area contributed by atoms with E-state index in [2.05, 4.69) is 16.0 Å². The number of nitrogens with one attached hydrogen (secondary N) is 2. The van der Waals surface area contributed by atoms with Gasteiger partial charge in [-0.2, -0.15) is 5.10 Å². The lowest BCUT2D eigenvalue weighted by Gasteiger charge is -2.10. The Morgan fingerprint density at radius 1 is 1.03 bits per heavy atom. The molecule has 7 nitrogen and oxygen atoms in total. The number of hydrogen-bond acceptors (Lipinski definition) is 5. The number of nitrogens with zero attached hydrogens (tertiary/aromatic N) is 2. The number of rotatable bonds is 5.